The third kappa shape index (κ3) is 4.17. The normalized spacial score (nSPS) is 12.2. The van der Waals surface area contributed by atoms with E-state index < -0.39 is 0 Å². The molecule has 52 heavy (non-hydrogen) atoms. The first kappa shape index (κ1) is 28.8. The molecule has 0 amide bonds. The van der Waals surface area contributed by atoms with E-state index in [-0.39, 0.29) is 0 Å². The van der Waals surface area contributed by atoms with E-state index in [0.29, 0.717) is 0 Å². The highest BCUT2D eigenvalue weighted by Crippen LogP contribution is 2.50. The van der Waals surface area contributed by atoms with Crippen molar-refractivity contribution in [2.24, 2.45) is 0 Å². The van der Waals surface area contributed by atoms with E-state index in [9.17, 15) is 0 Å². The van der Waals surface area contributed by atoms with E-state index in [2.05, 4.69) is 198 Å². The number of fused-ring (bicyclic) bond motifs is 5. The number of para-hydroxylation sites is 4. The van der Waals surface area contributed by atoms with Crippen LogP contribution in [0.15, 0.2) is 188 Å². The molecule has 0 unspecified atom stereocenters. The highest BCUT2D eigenvalue weighted by molar-refractivity contribution is 6.24. The number of aromatic nitrogens is 2. The molecule has 0 fully saturated rings. The number of rotatable bonds is 4. The van der Waals surface area contributed by atoms with Gasteiger partial charge in [0.05, 0.1) is 28.1 Å². The van der Waals surface area contributed by atoms with Crippen LogP contribution in [-0.2, 0) is 0 Å². The van der Waals surface area contributed by atoms with Crippen LogP contribution >= 0.6 is 0 Å². The SMILES string of the molecule is c1ccc(-c2c3ccccc3c(-c3cccc4ccccc34)c3cc(-c4nc5cccc6c5n4-c4ccccc4N6c4ccccc4)ccc23)cc1. The average Bonchev–Trinajstić information content (AvgIpc) is 3.61. The number of hydrogen-bond acceptors (Lipinski definition) is 2. The van der Waals surface area contributed by atoms with Gasteiger partial charge < -0.3 is 4.90 Å². The predicted molar refractivity (Wildman–Crippen MR) is 218 cm³/mol. The Morgan fingerprint density at radius 3 is 1.83 bits per heavy atom. The maximum absolute atomic E-state index is 5.42. The zero-order valence-electron chi connectivity index (χ0n) is 28.2. The van der Waals surface area contributed by atoms with Gasteiger partial charge in [-0.25, -0.2) is 4.98 Å². The number of hydrogen-bond donors (Lipinski definition) is 0. The molecular weight excluding hydrogens is 631 g/mol. The van der Waals surface area contributed by atoms with Gasteiger partial charge in [0.25, 0.3) is 0 Å². The molecule has 9 aromatic carbocycles. The van der Waals surface area contributed by atoms with Gasteiger partial charge in [0.15, 0.2) is 0 Å². The second-order valence-corrected chi connectivity index (χ2v) is 13.5. The molecular formula is C49H31N3. The van der Waals surface area contributed by atoms with Crippen molar-refractivity contribution in [2.75, 3.05) is 4.90 Å². The number of nitrogens with zero attached hydrogens (tertiary/aromatic N) is 3. The van der Waals surface area contributed by atoms with Crippen LogP contribution in [0.25, 0.3) is 82.7 Å². The molecule has 0 N–H and O–H groups in total. The average molecular weight is 662 g/mol. The zero-order chi connectivity index (χ0) is 34.2. The molecule has 1 aliphatic heterocycles. The Labute approximate surface area is 301 Å². The molecule has 10 aromatic rings. The lowest BCUT2D eigenvalue weighted by molar-refractivity contribution is 1.06. The first-order valence-electron chi connectivity index (χ1n) is 17.8. The van der Waals surface area contributed by atoms with Crippen LogP contribution in [0.3, 0.4) is 0 Å². The summed E-state index contributed by atoms with van der Waals surface area (Å²) in [5, 5.41) is 7.40. The van der Waals surface area contributed by atoms with Crippen molar-refractivity contribution in [2.45, 2.75) is 0 Å². The molecule has 3 heteroatoms. The minimum absolute atomic E-state index is 0.933. The fraction of sp³-hybridized carbons (Fsp3) is 0. The van der Waals surface area contributed by atoms with E-state index >= 15 is 0 Å². The minimum Gasteiger partial charge on any atom is -0.306 e. The molecule has 3 nitrogen and oxygen atoms in total. The molecule has 2 heterocycles. The lowest BCUT2D eigenvalue weighted by Crippen LogP contribution is -2.18. The number of anilines is 3. The van der Waals surface area contributed by atoms with Crippen LogP contribution in [0.1, 0.15) is 0 Å². The Bertz CT molecular complexity index is 3010. The van der Waals surface area contributed by atoms with Gasteiger partial charge in [0.2, 0.25) is 0 Å². The Kier molecular flexibility index (Phi) is 6.25. The fourth-order valence-electron chi connectivity index (χ4n) is 8.51. The van der Waals surface area contributed by atoms with Crippen molar-refractivity contribution in [3.8, 4) is 39.3 Å². The summed E-state index contributed by atoms with van der Waals surface area (Å²) < 4.78 is 2.37. The Hall–Kier alpha value is -6.97. The third-order valence-corrected chi connectivity index (χ3v) is 10.7. The van der Waals surface area contributed by atoms with Crippen molar-refractivity contribution in [3.63, 3.8) is 0 Å². The second-order valence-electron chi connectivity index (χ2n) is 13.5. The quantitative estimate of drug-likeness (QED) is 0.175. The van der Waals surface area contributed by atoms with Gasteiger partial charge in [-0.2, -0.15) is 0 Å². The van der Waals surface area contributed by atoms with E-state index in [4.69, 9.17) is 4.98 Å². The van der Waals surface area contributed by atoms with E-state index in [1.54, 1.807) is 0 Å². The molecule has 242 valence electrons. The van der Waals surface area contributed by atoms with Gasteiger partial charge in [-0.1, -0.05) is 146 Å². The largest absolute Gasteiger partial charge is 0.306 e. The van der Waals surface area contributed by atoms with Crippen molar-refractivity contribution < 1.29 is 0 Å². The lowest BCUT2D eigenvalue weighted by atomic mass is 9.84. The summed E-state index contributed by atoms with van der Waals surface area (Å²) in [7, 11) is 0. The van der Waals surface area contributed by atoms with Gasteiger partial charge in [-0.3, -0.25) is 4.57 Å². The summed E-state index contributed by atoms with van der Waals surface area (Å²) in [6, 6.07) is 67.9. The van der Waals surface area contributed by atoms with Gasteiger partial charge in [-0.15, -0.1) is 0 Å². The summed E-state index contributed by atoms with van der Waals surface area (Å²) in [6.07, 6.45) is 0. The Morgan fingerprint density at radius 1 is 0.385 bits per heavy atom. The molecule has 0 saturated carbocycles. The highest BCUT2D eigenvalue weighted by Gasteiger charge is 2.29. The Balaban J connectivity index is 1.26. The summed E-state index contributed by atoms with van der Waals surface area (Å²) in [4.78, 5) is 7.78. The fourth-order valence-corrected chi connectivity index (χ4v) is 8.51. The molecule has 0 aliphatic carbocycles. The van der Waals surface area contributed by atoms with Gasteiger partial charge in [-0.05, 0) is 97.0 Å². The monoisotopic (exact) mass is 661 g/mol. The van der Waals surface area contributed by atoms with Crippen LogP contribution in [0, 0.1) is 0 Å². The summed E-state index contributed by atoms with van der Waals surface area (Å²) in [5.41, 5.74) is 12.6. The number of imidazole rings is 1. The predicted octanol–water partition coefficient (Wildman–Crippen LogP) is 13.3. The topological polar surface area (TPSA) is 21.1 Å². The lowest BCUT2D eigenvalue weighted by Gasteiger charge is -2.32. The molecule has 0 bridgehead atoms. The van der Waals surface area contributed by atoms with Crippen LogP contribution in [0.2, 0.25) is 0 Å². The van der Waals surface area contributed by atoms with Crippen molar-refractivity contribution in [3.05, 3.63) is 188 Å². The second kappa shape index (κ2) is 11.3. The van der Waals surface area contributed by atoms with Crippen molar-refractivity contribution in [1.29, 1.82) is 0 Å². The zero-order valence-corrected chi connectivity index (χ0v) is 28.2. The standard InChI is InChI=1S/C49H31N3/c1-3-16-33(17-4-1)46-38-22-9-10-23-39(38)47(37-24-13-18-32-15-7-8-21-36(32)37)41-31-34(29-30-40(41)46)49-50-42-25-14-28-45-48(42)52(49)44-27-12-11-26-43(44)51(45)35-19-5-2-6-20-35/h1-31H. The van der Waals surface area contributed by atoms with Crippen LogP contribution < -0.4 is 4.90 Å². The number of benzene rings is 9. The van der Waals surface area contributed by atoms with E-state index in [0.717, 1.165) is 45.2 Å². The molecule has 1 aromatic heterocycles. The Morgan fingerprint density at radius 2 is 1.00 bits per heavy atom. The first-order chi connectivity index (χ1) is 25.8. The summed E-state index contributed by atoms with van der Waals surface area (Å²) >= 11 is 0. The minimum atomic E-state index is 0.933. The summed E-state index contributed by atoms with van der Waals surface area (Å²) in [6.45, 7) is 0. The maximum atomic E-state index is 5.42. The van der Waals surface area contributed by atoms with Crippen LogP contribution in [-0.4, -0.2) is 9.55 Å². The van der Waals surface area contributed by atoms with Crippen LogP contribution in [0.4, 0.5) is 17.1 Å². The molecule has 0 radical (unpaired) electrons. The van der Waals surface area contributed by atoms with Gasteiger partial charge in [0, 0.05) is 11.3 Å². The highest BCUT2D eigenvalue weighted by atomic mass is 15.2. The summed E-state index contributed by atoms with van der Waals surface area (Å²) in [5.74, 6) is 0.933. The molecule has 0 atom stereocenters. The van der Waals surface area contributed by atoms with E-state index in [1.807, 2.05) is 0 Å². The van der Waals surface area contributed by atoms with Crippen LogP contribution in [0.5, 0.6) is 0 Å². The third-order valence-electron chi connectivity index (χ3n) is 10.7. The molecule has 11 rings (SSSR count). The van der Waals surface area contributed by atoms with Crippen molar-refractivity contribution in [1.82, 2.24) is 9.55 Å². The van der Waals surface area contributed by atoms with Crippen molar-refractivity contribution >= 4 is 60.4 Å². The molecule has 0 saturated heterocycles. The molecule has 1 aliphatic rings. The molecule has 0 spiro atoms. The van der Waals surface area contributed by atoms with Gasteiger partial charge in [0.1, 0.15) is 5.82 Å². The maximum Gasteiger partial charge on any atom is 0.145 e. The smallest absolute Gasteiger partial charge is 0.145 e. The van der Waals surface area contributed by atoms with Gasteiger partial charge >= 0.3 is 0 Å². The van der Waals surface area contributed by atoms with E-state index in [1.165, 1.54) is 54.6 Å². The first-order valence-corrected chi connectivity index (χ1v) is 17.8.